The van der Waals surface area contributed by atoms with Crippen molar-refractivity contribution >= 4 is 16.9 Å². The van der Waals surface area contributed by atoms with Gasteiger partial charge in [0.15, 0.2) is 0 Å². The van der Waals surface area contributed by atoms with E-state index in [2.05, 4.69) is 23.7 Å². The Hall–Kier alpha value is -2.02. The molecule has 1 saturated carbocycles. The summed E-state index contributed by atoms with van der Waals surface area (Å²) >= 11 is 0. The number of aromatic amines is 1. The van der Waals surface area contributed by atoms with E-state index in [1.165, 1.54) is 6.07 Å². The fourth-order valence-electron chi connectivity index (χ4n) is 7.22. The van der Waals surface area contributed by atoms with E-state index in [9.17, 15) is 23.1 Å². The van der Waals surface area contributed by atoms with Gasteiger partial charge in [-0.2, -0.15) is 13.2 Å². The number of rotatable bonds is 4. The molecule has 34 heavy (non-hydrogen) atoms. The van der Waals surface area contributed by atoms with Crippen LogP contribution in [-0.2, 0) is 17.4 Å². The number of carboxylic acid groups (broad SMARTS) is 1. The summed E-state index contributed by atoms with van der Waals surface area (Å²) in [6, 6.07) is 4.04. The molecule has 2 N–H and O–H groups in total. The van der Waals surface area contributed by atoms with Gasteiger partial charge in [0.1, 0.15) is 0 Å². The number of halogens is 3. The second kappa shape index (κ2) is 8.28. The number of benzene rings is 1. The molecule has 186 valence electrons. The number of carbonyl (C=O) groups is 1. The maximum absolute atomic E-state index is 13.4. The van der Waals surface area contributed by atoms with Gasteiger partial charge in [0.2, 0.25) is 0 Å². The van der Waals surface area contributed by atoms with Gasteiger partial charge in [-0.25, -0.2) is 0 Å². The summed E-state index contributed by atoms with van der Waals surface area (Å²) in [4.78, 5) is 18.0. The Bertz CT molecular complexity index is 1090. The third-order valence-electron chi connectivity index (χ3n) is 9.58. The first kappa shape index (κ1) is 23.7. The SMILES string of the molecule is C[C@H]1c2c([nH]c3ccc(C(F)(F)F)cc23)C[C@H]2CCN(CCC3(C(=O)O)CCCCC3)C[C@@]21C. The minimum atomic E-state index is -4.36. The third-order valence-corrected chi connectivity index (χ3v) is 9.58. The van der Waals surface area contributed by atoms with Crippen molar-refractivity contribution in [2.75, 3.05) is 19.6 Å². The Kier molecular flexibility index (Phi) is 5.78. The quantitative estimate of drug-likeness (QED) is 0.523. The molecule has 0 radical (unpaired) electrons. The van der Waals surface area contributed by atoms with Crippen LogP contribution < -0.4 is 0 Å². The van der Waals surface area contributed by atoms with Crippen LogP contribution in [0, 0.1) is 16.7 Å². The van der Waals surface area contributed by atoms with Gasteiger partial charge < -0.3 is 15.0 Å². The highest BCUT2D eigenvalue weighted by Crippen LogP contribution is 2.54. The first-order valence-electron chi connectivity index (χ1n) is 12.7. The van der Waals surface area contributed by atoms with Crippen molar-refractivity contribution in [3.63, 3.8) is 0 Å². The molecule has 3 atom stereocenters. The molecule has 5 rings (SSSR count). The molecule has 2 aromatic rings. The van der Waals surface area contributed by atoms with Crippen LogP contribution in [0.1, 0.15) is 81.5 Å². The number of nitrogens with one attached hydrogen (secondary N) is 1. The maximum atomic E-state index is 13.4. The summed E-state index contributed by atoms with van der Waals surface area (Å²) in [5.41, 5.74) is 1.66. The molecule has 2 heterocycles. The van der Waals surface area contributed by atoms with Crippen LogP contribution in [0.4, 0.5) is 13.2 Å². The van der Waals surface area contributed by atoms with Gasteiger partial charge in [-0.05, 0) is 86.2 Å². The number of hydrogen-bond donors (Lipinski definition) is 2. The molecular weight excluding hydrogens is 441 g/mol. The van der Waals surface area contributed by atoms with Crippen LogP contribution in [0.2, 0.25) is 0 Å². The summed E-state index contributed by atoms with van der Waals surface area (Å²) in [5, 5.41) is 10.7. The van der Waals surface area contributed by atoms with E-state index in [1.807, 2.05) is 0 Å². The molecule has 1 aromatic carbocycles. The molecule has 4 nitrogen and oxygen atoms in total. The number of nitrogens with zero attached hydrogens (tertiary/aromatic N) is 1. The molecule has 0 bridgehead atoms. The Labute approximate surface area is 198 Å². The van der Waals surface area contributed by atoms with Crippen molar-refractivity contribution in [2.45, 2.75) is 77.3 Å². The number of aromatic nitrogens is 1. The lowest BCUT2D eigenvalue weighted by Gasteiger charge is -2.53. The van der Waals surface area contributed by atoms with Crippen molar-refractivity contribution in [2.24, 2.45) is 16.7 Å². The normalized spacial score (nSPS) is 29.6. The van der Waals surface area contributed by atoms with E-state index in [0.717, 1.165) is 87.4 Å². The molecule has 2 aliphatic carbocycles. The van der Waals surface area contributed by atoms with Crippen molar-refractivity contribution in [3.05, 3.63) is 35.0 Å². The molecule has 0 amide bonds. The number of alkyl halides is 3. The highest BCUT2D eigenvalue weighted by Gasteiger charge is 2.49. The lowest BCUT2D eigenvalue weighted by Crippen LogP contribution is -2.53. The third kappa shape index (κ3) is 3.84. The van der Waals surface area contributed by atoms with Crippen LogP contribution in [-0.4, -0.2) is 40.6 Å². The summed E-state index contributed by atoms with van der Waals surface area (Å²) in [7, 11) is 0. The molecule has 3 aliphatic rings. The molecule has 7 heteroatoms. The van der Waals surface area contributed by atoms with Gasteiger partial charge >= 0.3 is 12.1 Å². The predicted octanol–water partition coefficient (Wildman–Crippen LogP) is 6.60. The van der Waals surface area contributed by atoms with E-state index >= 15 is 0 Å². The molecule has 0 unspecified atom stereocenters. The Morgan fingerprint density at radius 2 is 1.97 bits per heavy atom. The lowest BCUT2D eigenvalue weighted by atomic mass is 9.58. The second-order valence-electron chi connectivity index (χ2n) is 11.4. The Morgan fingerprint density at radius 1 is 1.24 bits per heavy atom. The predicted molar refractivity (Wildman–Crippen MR) is 126 cm³/mol. The Morgan fingerprint density at radius 3 is 2.65 bits per heavy atom. The van der Waals surface area contributed by atoms with Gasteiger partial charge in [0.05, 0.1) is 11.0 Å². The molecular formula is C27H35F3N2O2. The monoisotopic (exact) mass is 476 g/mol. The highest BCUT2D eigenvalue weighted by atomic mass is 19.4. The van der Waals surface area contributed by atoms with E-state index in [-0.39, 0.29) is 11.3 Å². The van der Waals surface area contributed by atoms with Crippen molar-refractivity contribution in [3.8, 4) is 0 Å². The van der Waals surface area contributed by atoms with Gasteiger partial charge in [-0.15, -0.1) is 0 Å². The molecule has 1 saturated heterocycles. The first-order chi connectivity index (χ1) is 16.0. The summed E-state index contributed by atoms with van der Waals surface area (Å²) < 4.78 is 40.2. The fraction of sp³-hybridized carbons (Fsp3) is 0.667. The number of fused-ring (bicyclic) bond motifs is 4. The molecule has 1 aromatic heterocycles. The minimum Gasteiger partial charge on any atom is -0.481 e. The van der Waals surface area contributed by atoms with Gasteiger partial charge in [-0.1, -0.05) is 33.1 Å². The largest absolute Gasteiger partial charge is 0.481 e. The average molecular weight is 477 g/mol. The highest BCUT2D eigenvalue weighted by molar-refractivity contribution is 5.86. The summed E-state index contributed by atoms with van der Waals surface area (Å²) in [6.45, 7) is 7.05. The number of hydrogen-bond acceptors (Lipinski definition) is 2. The van der Waals surface area contributed by atoms with E-state index in [1.54, 1.807) is 6.07 Å². The van der Waals surface area contributed by atoms with E-state index < -0.39 is 23.1 Å². The average Bonchev–Trinajstić information content (AvgIpc) is 3.16. The Balaban J connectivity index is 1.39. The zero-order valence-electron chi connectivity index (χ0n) is 20.1. The van der Waals surface area contributed by atoms with Gasteiger partial charge in [-0.3, -0.25) is 4.79 Å². The van der Waals surface area contributed by atoms with Crippen LogP contribution in [0.15, 0.2) is 18.2 Å². The lowest BCUT2D eigenvalue weighted by molar-refractivity contribution is -0.152. The number of aliphatic carboxylic acids is 1. The summed E-state index contributed by atoms with van der Waals surface area (Å²) in [5.74, 6) is -0.0721. The number of H-pyrrole nitrogens is 1. The number of likely N-dealkylation sites (tertiary alicyclic amines) is 1. The molecule has 0 spiro atoms. The van der Waals surface area contributed by atoms with Crippen LogP contribution in [0.3, 0.4) is 0 Å². The zero-order chi connectivity index (χ0) is 24.3. The van der Waals surface area contributed by atoms with E-state index in [4.69, 9.17) is 0 Å². The van der Waals surface area contributed by atoms with Crippen LogP contribution >= 0.6 is 0 Å². The van der Waals surface area contributed by atoms with Crippen molar-refractivity contribution in [1.82, 2.24) is 9.88 Å². The van der Waals surface area contributed by atoms with Gasteiger partial charge in [0, 0.05) is 23.1 Å². The fourth-order valence-corrected chi connectivity index (χ4v) is 7.22. The topological polar surface area (TPSA) is 56.3 Å². The van der Waals surface area contributed by atoms with Crippen molar-refractivity contribution in [1.29, 1.82) is 0 Å². The van der Waals surface area contributed by atoms with Gasteiger partial charge in [0.25, 0.3) is 0 Å². The smallest absolute Gasteiger partial charge is 0.416 e. The van der Waals surface area contributed by atoms with E-state index in [0.29, 0.717) is 17.7 Å². The minimum absolute atomic E-state index is 0.0580. The second-order valence-corrected chi connectivity index (χ2v) is 11.4. The number of carboxylic acids is 1. The maximum Gasteiger partial charge on any atom is 0.416 e. The summed E-state index contributed by atoms with van der Waals surface area (Å²) in [6.07, 6.45) is 2.87. The molecule has 2 fully saturated rings. The van der Waals surface area contributed by atoms with Crippen molar-refractivity contribution < 1.29 is 23.1 Å². The zero-order valence-corrected chi connectivity index (χ0v) is 20.1. The first-order valence-corrected chi connectivity index (χ1v) is 12.7. The molecule has 1 aliphatic heterocycles. The standard InChI is InChI=1S/C27H35F3N2O2/c1-17-23-20-14-19(27(28,29)30)6-7-21(20)31-22(23)15-18-8-12-32(16-25(17,18)2)13-11-26(24(33)34)9-4-3-5-10-26/h6-7,14,17-18,31H,3-5,8-13,15-16H2,1-2H3,(H,33,34)/t17-,18+,25+/m0/s1. The van der Waals surface area contributed by atoms with Crippen LogP contribution in [0.5, 0.6) is 0 Å². The van der Waals surface area contributed by atoms with Crippen LogP contribution in [0.25, 0.3) is 10.9 Å². The number of piperidine rings is 1.